The van der Waals surface area contributed by atoms with E-state index in [9.17, 15) is 14.4 Å². The van der Waals surface area contributed by atoms with E-state index in [1.807, 2.05) is 12.1 Å². The van der Waals surface area contributed by atoms with Gasteiger partial charge in [0.05, 0.1) is 0 Å². The molecule has 240 valence electrons. The molecule has 3 aliphatic rings. The molecule has 0 saturated heterocycles. The Morgan fingerprint density at radius 2 is 1.77 bits per heavy atom. The third kappa shape index (κ3) is 9.44. The smallest absolute Gasteiger partial charge is 0.344 e. The first-order chi connectivity index (χ1) is 20.8. The molecule has 2 fully saturated rings. The fraction of sp³-hybridized carbons (Fsp3) is 0.743. The molecule has 0 heterocycles. The van der Waals surface area contributed by atoms with Crippen molar-refractivity contribution in [2.75, 3.05) is 13.2 Å². The highest BCUT2D eigenvalue weighted by Gasteiger charge is 2.47. The van der Waals surface area contributed by atoms with E-state index in [1.165, 1.54) is 38.7 Å². The summed E-state index contributed by atoms with van der Waals surface area (Å²) >= 11 is 0. The molecule has 1 aromatic rings. The lowest BCUT2D eigenvalue weighted by atomic mass is 9.73. The molecule has 4 rings (SSSR count). The molecule has 8 heteroatoms. The second-order valence-electron chi connectivity index (χ2n) is 13.0. The minimum atomic E-state index is -0.371. The van der Waals surface area contributed by atoms with Gasteiger partial charge in [0.1, 0.15) is 24.1 Å². The van der Waals surface area contributed by atoms with Crippen molar-refractivity contribution in [3.05, 3.63) is 29.3 Å². The number of hydrogen-bond donors (Lipinski definition) is 1. The van der Waals surface area contributed by atoms with Gasteiger partial charge in [0.25, 0.3) is 0 Å². The molecule has 0 amide bonds. The highest BCUT2D eigenvalue weighted by atomic mass is 16.6. The molecule has 0 bridgehead atoms. The standard InChI is InChI=1S/C35H53NO7/c1-4-5-7-14-28(41-23(2)37)16-17-29-30-18-26-13-10-15-32(31(26)19-27(30)20-33(29)42-24(3)38)40-22-35(39)43-34(21-36)25-11-8-6-9-12-25/h10,13,15,25,27-30,33-34H,4-9,11-12,14,16-22,36H2,1-3H3/t27-,28+,29+,30-,33+,34+/m0/s1. The molecule has 0 radical (unpaired) electrons. The van der Waals surface area contributed by atoms with Gasteiger partial charge in [-0.25, -0.2) is 4.79 Å². The van der Waals surface area contributed by atoms with Gasteiger partial charge in [0.2, 0.25) is 0 Å². The van der Waals surface area contributed by atoms with Crippen LogP contribution in [0.15, 0.2) is 18.2 Å². The largest absolute Gasteiger partial charge is 0.482 e. The quantitative estimate of drug-likeness (QED) is 0.146. The summed E-state index contributed by atoms with van der Waals surface area (Å²) in [6, 6.07) is 6.07. The predicted octanol–water partition coefficient (Wildman–Crippen LogP) is 6.09. The zero-order valence-electron chi connectivity index (χ0n) is 26.5. The second-order valence-corrected chi connectivity index (χ2v) is 13.0. The minimum Gasteiger partial charge on any atom is -0.482 e. The number of ether oxygens (including phenoxy) is 4. The summed E-state index contributed by atoms with van der Waals surface area (Å²) in [6.45, 7) is 5.33. The number of carbonyl (C=O) groups excluding carboxylic acids is 3. The second kappa shape index (κ2) is 16.5. The third-order valence-corrected chi connectivity index (χ3v) is 9.96. The Morgan fingerprint density at radius 3 is 2.47 bits per heavy atom. The number of carbonyl (C=O) groups is 3. The van der Waals surface area contributed by atoms with E-state index in [-0.39, 0.29) is 48.7 Å². The van der Waals surface area contributed by atoms with Crippen molar-refractivity contribution in [2.45, 2.75) is 129 Å². The highest BCUT2D eigenvalue weighted by molar-refractivity contribution is 5.71. The fourth-order valence-electron chi connectivity index (χ4n) is 7.94. The summed E-state index contributed by atoms with van der Waals surface area (Å²) in [6.07, 6.45) is 13.4. The van der Waals surface area contributed by atoms with E-state index in [4.69, 9.17) is 24.7 Å². The summed E-state index contributed by atoms with van der Waals surface area (Å²) < 4.78 is 23.4. The number of fused-ring (bicyclic) bond motifs is 2. The van der Waals surface area contributed by atoms with Crippen molar-refractivity contribution in [1.29, 1.82) is 0 Å². The van der Waals surface area contributed by atoms with Crippen molar-refractivity contribution >= 4 is 17.9 Å². The zero-order valence-corrected chi connectivity index (χ0v) is 26.5. The molecule has 0 spiro atoms. The van der Waals surface area contributed by atoms with Crippen LogP contribution in [0.5, 0.6) is 5.75 Å². The zero-order chi connectivity index (χ0) is 30.8. The molecular formula is C35H53NO7. The van der Waals surface area contributed by atoms with Crippen LogP contribution in [0.1, 0.15) is 109 Å². The van der Waals surface area contributed by atoms with Crippen LogP contribution < -0.4 is 10.5 Å². The van der Waals surface area contributed by atoms with E-state index >= 15 is 0 Å². The predicted molar refractivity (Wildman–Crippen MR) is 164 cm³/mol. The van der Waals surface area contributed by atoms with E-state index in [0.29, 0.717) is 24.3 Å². The van der Waals surface area contributed by atoms with Gasteiger partial charge < -0.3 is 24.7 Å². The van der Waals surface area contributed by atoms with Crippen molar-refractivity contribution in [3.8, 4) is 5.75 Å². The molecule has 6 atom stereocenters. The van der Waals surface area contributed by atoms with E-state index in [1.54, 1.807) is 0 Å². The first-order valence-electron chi connectivity index (χ1n) is 16.8. The van der Waals surface area contributed by atoms with Crippen LogP contribution in [0.2, 0.25) is 0 Å². The summed E-state index contributed by atoms with van der Waals surface area (Å²) in [5, 5.41) is 0. The summed E-state index contributed by atoms with van der Waals surface area (Å²) in [4.78, 5) is 36.6. The SMILES string of the molecule is CCCCC[C@H](CC[C@@H]1[C@H]2Cc3cccc(OCC(=O)O[C@H](CN)C4CCCCC4)c3C[C@H]2C[C@H]1OC(C)=O)OC(C)=O. The fourth-order valence-corrected chi connectivity index (χ4v) is 7.94. The lowest BCUT2D eigenvalue weighted by Gasteiger charge is -2.33. The molecule has 8 nitrogen and oxygen atoms in total. The Bertz CT molecular complexity index is 1070. The molecule has 2 N–H and O–H groups in total. The van der Waals surface area contributed by atoms with Gasteiger partial charge in [-0.1, -0.05) is 51.2 Å². The number of nitrogens with two attached hydrogens (primary N) is 1. The lowest BCUT2D eigenvalue weighted by molar-refractivity contribution is -0.154. The first-order valence-corrected chi connectivity index (χ1v) is 16.8. The van der Waals surface area contributed by atoms with Crippen LogP contribution in [0.4, 0.5) is 0 Å². The molecule has 3 aliphatic carbocycles. The van der Waals surface area contributed by atoms with Gasteiger partial charge >= 0.3 is 17.9 Å². The van der Waals surface area contributed by atoms with Crippen molar-refractivity contribution in [2.24, 2.45) is 29.4 Å². The molecule has 0 aliphatic heterocycles. The third-order valence-electron chi connectivity index (χ3n) is 9.96. The first kappa shape index (κ1) is 33.3. The van der Waals surface area contributed by atoms with Gasteiger partial charge in [-0.3, -0.25) is 9.59 Å². The van der Waals surface area contributed by atoms with Gasteiger partial charge in [0.15, 0.2) is 6.61 Å². The topological polar surface area (TPSA) is 114 Å². The molecule has 43 heavy (non-hydrogen) atoms. The van der Waals surface area contributed by atoms with E-state index in [2.05, 4.69) is 13.0 Å². The molecule has 0 aromatic heterocycles. The lowest BCUT2D eigenvalue weighted by Crippen LogP contribution is -2.36. The average molecular weight is 600 g/mol. The molecule has 1 aromatic carbocycles. The van der Waals surface area contributed by atoms with Crippen LogP contribution in [0.3, 0.4) is 0 Å². The molecule has 0 unspecified atom stereocenters. The van der Waals surface area contributed by atoms with Crippen LogP contribution in [0.25, 0.3) is 0 Å². The van der Waals surface area contributed by atoms with Crippen molar-refractivity contribution < 1.29 is 33.3 Å². The van der Waals surface area contributed by atoms with Gasteiger partial charge in [-0.05, 0) is 98.7 Å². The average Bonchev–Trinajstić information content (AvgIpc) is 3.31. The summed E-state index contributed by atoms with van der Waals surface area (Å²) in [5.74, 6) is 1.13. The Hall–Kier alpha value is -2.61. The Morgan fingerprint density at radius 1 is 0.977 bits per heavy atom. The van der Waals surface area contributed by atoms with E-state index < -0.39 is 0 Å². The molecular weight excluding hydrogens is 546 g/mol. The minimum absolute atomic E-state index is 0.103. The Kier molecular flexibility index (Phi) is 12.7. The summed E-state index contributed by atoms with van der Waals surface area (Å²) in [7, 11) is 0. The van der Waals surface area contributed by atoms with Gasteiger partial charge in [0, 0.05) is 20.4 Å². The monoisotopic (exact) mass is 599 g/mol. The number of unbranched alkanes of at least 4 members (excludes halogenated alkanes) is 2. The number of benzene rings is 1. The van der Waals surface area contributed by atoms with Gasteiger partial charge in [-0.15, -0.1) is 0 Å². The highest BCUT2D eigenvalue weighted by Crippen LogP contribution is 2.49. The Labute approximate surface area is 257 Å². The van der Waals surface area contributed by atoms with Crippen LogP contribution in [0, 0.1) is 23.7 Å². The van der Waals surface area contributed by atoms with Crippen LogP contribution in [-0.4, -0.2) is 49.4 Å². The Balaban J connectivity index is 1.40. The normalized spacial score (nSPS) is 24.7. The maximum absolute atomic E-state index is 12.8. The van der Waals surface area contributed by atoms with Crippen molar-refractivity contribution in [3.63, 3.8) is 0 Å². The van der Waals surface area contributed by atoms with Crippen molar-refractivity contribution in [1.82, 2.24) is 0 Å². The van der Waals surface area contributed by atoms with Crippen LogP contribution >= 0.6 is 0 Å². The number of rotatable bonds is 15. The van der Waals surface area contributed by atoms with Gasteiger partial charge in [-0.2, -0.15) is 0 Å². The molecule has 2 saturated carbocycles. The number of hydrogen-bond acceptors (Lipinski definition) is 8. The van der Waals surface area contributed by atoms with E-state index in [0.717, 1.165) is 81.9 Å². The maximum Gasteiger partial charge on any atom is 0.344 e. The summed E-state index contributed by atoms with van der Waals surface area (Å²) in [5.41, 5.74) is 8.33. The number of esters is 3. The van der Waals surface area contributed by atoms with Crippen LogP contribution in [-0.2, 0) is 41.4 Å². The maximum atomic E-state index is 12.8.